The van der Waals surface area contributed by atoms with Crippen LogP contribution in [0.15, 0.2) is 0 Å². The average molecular weight is 258 g/mol. The quantitative estimate of drug-likeness (QED) is 0.752. The number of hydrogen-bond donors (Lipinski definition) is 2. The SMILES string of the molecule is CCCNC1CC(CCCO)CN(C(=O)OC)C1. The number of piperidine rings is 1. The second kappa shape index (κ2) is 8.32. The van der Waals surface area contributed by atoms with Gasteiger partial charge in [-0.15, -0.1) is 0 Å². The first kappa shape index (κ1) is 15.2. The Morgan fingerprint density at radius 1 is 1.50 bits per heavy atom. The topological polar surface area (TPSA) is 61.8 Å². The minimum atomic E-state index is -0.244. The summed E-state index contributed by atoms with van der Waals surface area (Å²) >= 11 is 0. The first-order valence-electron chi connectivity index (χ1n) is 6.88. The third-order valence-corrected chi connectivity index (χ3v) is 3.42. The molecule has 2 unspecified atom stereocenters. The molecule has 106 valence electrons. The molecule has 0 bridgehead atoms. The summed E-state index contributed by atoms with van der Waals surface area (Å²) in [5, 5.41) is 12.4. The highest BCUT2D eigenvalue weighted by atomic mass is 16.5. The van der Waals surface area contributed by atoms with E-state index in [1.165, 1.54) is 7.11 Å². The van der Waals surface area contributed by atoms with Crippen LogP contribution in [0.5, 0.6) is 0 Å². The molecule has 0 aromatic carbocycles. The average Bonchev–Trinajstić information content (AvgIpc) is 2.41. The van der Waals surface area contributed by atoms with E-state index >= 15 is 0 Å². The lowest BCUT2D eigenvalue weighted by Crippen LogP contribution is -2.51. The molecule has 0 radical (unpaired) electrons. The Morgan fingerprint density at radius 2 is 2.28 bits per heavy atom. The van der Waals surface area contributed by atoms with Crippen LogP contribution >= 0.6 is 0 Å². The number of ether oxygens (including phenoxy) is 1. The number of likely N-dealkylation sites (tertiary alicyclic amines) is 1. The second-order valence-corrected chi connectivity index (χ2v) is 4.99. The van der Waals surface area contributed by atoms with Gasteiger partial charge in [-0.3, -0.25) is 0 Å². The van der Waals surface area contributed by atoms with Crippen molar-refractivity contribution in [1.82, 2.24) is 10.2 Å². The number of amides is 1. The molecule has 1 amide bonds. The number of carbonyl (C=O) groups is 1. The van der Waals surface area contributed by atoms with Gasteiger partial charge in [0.2, 0.25) is 0 Å². The summed E-state index contributed by atoms with van der Waals surface area (Å²) in [6, 6.07) is 0.349. The van der Waals surface area contributed by atoms with Crippen LogP contribution in [-0.2, 0) is 4.74 Å². The van der Waals surface area contributed by atoms with Crippen LogP contribution in [0.3, 0.4) is 0 Å². The molecule has 1 fully saturated rings. The van der Waals surface area contributed by atoms with E-state index in [0.717, 1.165) is 45.3 Å². The van der Waals surface area contributed by atoms with Crippen molar-refractivity contribution in [3.05, 3.63) is 0 Å². The summed E-state index contributed by atoms with van der Waals surface area (Å²) in [5.41, 5.74) is 0. The molecule has 0 aliphatic carbocycles. The third kappa shape index (κ3) is 4.82. The Kier molecular flexibility index (Phi) is 7.05. The van der Waals surface area contributed by atoms with E-state index in [1.54, 1.807) is 4.90 Å². The lowest BCUT2D eigenvalue weighted by Gasteiger charge is -2.37. The van der Waals surface area contributed by atoms with Crippen molar-refractivity contribution in [3.63, 3.8) is 0 Å². The van der Waals surface area contributed by atoms with Gasteiger partial charge >= 0.3 is 6.09 Å². The highest BCUT2D eigenvalue weighted by molar-refractivity contribution is 5.67. The van der Waals surface area contributed by atoms with Crippen molar-refractivity contribution in [1.29, 1.82) is 0 Å². The fourth-order valence-electron chi connectivity index (χ4n) is 2.57. The lowest BCUT2D eigenvalue weighted by molar-refractivity contribution is 0.0875. The molecule has 1 heterocycles. The maximum Gasteiger partial charge on any atom is 0.409 e. The van der Waals surface area contributed by atoms with Crippen LogP contribution in [0.1, 0.15) is 32.6 Å². The maximum absolute atomic E-state index is 11.6. The van der Waals surface area contributed by atoms with Crippen LogP contribution in [0.2, 0.25) is 0 Å². The van der Waals surface area contributed by atoms with E-state index in [9.17, 15) is 4.79 Å². The van der Waals surface area contributed by atoms with Crippen molar-refractivity contribution in [2.45, 2.75) is 38.6 Å². The number of methoxy groups -OCH3 is 1. The van der Waals surface area contributed by atoms with Gasteiger partial charge < -0.3 is 20.1 Å². The number of nitrogens with zero attached hydrogens (tertiary/aromatic N) is 1. The molecule has 1 aliphatic heterocycles. The second-order valence-electron chi connectivity index (χ2n) is 4.99. The number of aliphatic hydroxyl groups excluding tert-OH is 1. The largest absolute Gasteiger partial charge is 0.453 e. The van der Waals surface area contributed by atoms with Crippen LogP contribution in [0.25, 0.3) is 0 Å². The predicted octanol–water partition coefficient (Wildman–Crippen LogP) is 1.22. The Labute approximate surface area is 109 Å². The summed E-state index contributed by atoms with van der Waals surface area (Å²) in [5.74, 6) is 0.458. The first-order chi connectivity index (χ1) is 8.71. The molecular weight excluding hydrogens is 232 g/mol. The van der Waals surface area contributed by atoms with Gasteiger partial charge in [0.05, 0.1) is 7.11 Å². The molecule has 18 heavy (non-hydrogen) atoms. The number of rotatable bonds is 6. The van der Waals surface area contributed by atoms with Crippen LogP contribution < -0.4 is 5.32 Å². The van der Waals surface area contributed by atoms with E-state index in [1.807, 2.05) is 0 Å². The predicted molar refractivity (Wildman–Crippen MR) is 70.5 cm³/mol. The van der Waals surface area contributed by atoms with Crippen LogP contribution in [0.4, 0.5) is 4.79 Å². The van der Waals surface area contributed by atoms with Gasteiger partial charge in [0, 0.05) is 25.7 Å². The van der Waals surface area contributed by atoms with Gasteiger partial charge in [-0.05, 0) is 38.1 Å². The minimum Gasteiger partial charge on any atom is -0.453 e. The molecular formula is C13H26N2O3. The summed E-state index contributed by atoms with van der Waals surface area (Å²) in [4.78, 5) is 13.4. The van der Waals surface area contributed by atoms with Crippen molar-refractivity contribution >= 4 is 6.09 Å². The summed E-state index contributed by atoms with van der Waals surface area (Å²) in [6.07, 6.45) is 3.70. The zero-order valence-corrected chi connectivity index (χ0v) is 11.5. The minimum absolute atomic E-state index is 0.224. The monoisotopic (exact) mass is 258 g/mol. The number of nitrogens with one attached hydrogen (secondary N) is 1. The van der Waals surface area contributed by atoms with Crippen LogP contribution in [-0.4, -0.2) is 55.5 Å². The normalized spacial score (nSPS) is 24.1. The molecule has 1 rings (SSSR count). The molecule has 0 saturated carbocycles. The smallest absolute Gasteiger partial charge is 0.409 e. The van der Waals surface area contributed by atoms with Gasteiger partial charge in [-0.1, -0.05) is 6.92 Å². The standard InChI is InChI=1S/C13H26N2O3/c1-3-6-14-12-8-11(5-4-7-16)9-15(10-12)13(17)18-2/h11-12,14,16H,3-10H2,1-2H3. The fourth-order valence-corrected chi connectivity index (χ4v) is 2.57. The Hall–Kier alpha value is -0.810. The van der Waals surface area contributed by atoms with E-state index in [4.69, 9.17) is 9.84 Å². The zero-order chi connectivity index (χ0) is 13.4. The highest BCUT2D eigenvalue weighted by Crippen LogP contribution is 2.21. The van der Waals surface area contributed by atoms with Crippen molar-refractivity contribution in [2.24, 2.45) is 5.92 Å². The Bertz CT molecular complexity index is 232. The summed E-state index contributed by atoms with van der Waals surface area (Å²) in [6.45, 7) is 4.81. The lowest BCUT2D eigenvalue weighted by atomic mass is 9.90. The van der Waals surface area contributed by atoms with Gasteiger partial charge in [0.1, 0.15) is 0 Å². The molecule has 2 N–H and O–H groups in total. The van der Waals surface area contributed by atoms with E-state index in [-0.39, 0.29) is 12.7 Å². The van der Waals surface area contributed by atoms with Crippen LogP contribution in [0, 0.1) is 5.92 Å². The molecule has 2 atom stereocenters. The van der Waals surface area contributed by atoms with Crippen molar-refractivity contribution in [2.75, 3.05) is 33.4 Å². The van der Waals surface area contributed by atoms with Crippen molar-refractivity contribution in [3.8, 4) is 0 Å². The molecule has 5 heteroatoms. The fraction of sp³-hybridized carbons (Fsp3) is 0.923. The van der Waals surface area contributed by atoms with Gasteiger partial charge in [0.15, 0.2) is 0 Å². The molecule has 1 saturated heterocycles. The molecule has 0 spiro atoms. The summed E-state index contributed by atoms with van der Waals surface area (Å²) in [7, 11) is 1.42. The number of aliphatic hydroxyl groups is 1. The Morgan fingerprint density at radius 3 is 2.89 bits per heavy atom. The number of hydrogen-bond acceptors (Lipinski definition) is 4. The summed E-state index contributed by atoms with van der Waals surface area (Å²) < 4.78 is 4.81. The van der Waals surface area contributed by atoms with Crippen molar-refractivity contribution < 1.29 is 14.6 Å². The van der Waals surface area contributed by atoms with E-state index in [2.05, 4.69) is 12.2 Å². The van der Waals surface area contributed by atoms with Gasteiger partial charge in [-0.2, -0.15) is 0 Å². The van der Waals surface area contributed by atoms with Gasteiger partial charge in [0.25, 0.3) is 0 Å². The Balaban J connectivity index is 2.51. The zero-order valence-electron chi connectivity index (χ0n) is 11.5. The molecule has 0 aromatic rings. The number of carbonyl (C=O) groups excluding carboxylic acids is 1. The van der Waals surface area contributed by atoms with E-state index in [0.29, 0.717) is 12.0 Å². The first-order valence-corrected chi connectivity index (χ1v) is 6.88. The van der Waals surface area contributed by atoms with E-state index < -0.39 is 0 Å². The highest BCUT2D eigenvalue weighted by Gasteiger charge is 2.29. The molecule has 5 nitrogen and oxygen atoms in total. The third-order valence-electron chi connectivity index (χ3n) is 3.42. The molecule has 1 aliphatic rings. The maximum atomic E-state index is 11.6. The van der Waals surface area contributed by atoms with Gasteiger partial charge in [-0.25, -0.2) is 4.79 Å². The molecule has 0 aromatic heterocycles.